The topological polar surface area (TPSA) is 42.7 Å². The van der Waals surface area contributed by atoms with Gasteiger partial charge in [0.2, 0.25) is 0 Å². The van der Waals surface area contributed by atoms with Crippen LogP contribution in [-0.2, 0) is 17.8 Å². The summed E-state index contributed by atoms with van der Waals surface area (Å²) in [5.41, 5.74) is 3.19. The zero-order valence-corrected chi connectivity index (χ0v) is 13.3. The molecule has 2 aromatic rings. The number of fused-ring (bicyclic) bond motifs is 1. The van der Waals surface area contributed by atoms with Crippen molar-refractivity contribution in [3.63, 3.8) is 0 Å². The summed E-state index contributed by atoms with van der Waals surface area (Å²) in [6.07, 6.45) is 0.883. The summed E-state index contributed by atoms with van der Waals surface area (Å²) in [4.78, 5) is 14.2. The molecule has 1 aromatic heterocycles. The van der Waals surface area contributed by atoms with E-state index in [1.807, 2.05) is 33.0 Å². The molecular formula is C18H21NO3. The Morgan fingerprint density at radius 3 is 2.68 bits per heavy atom. The van der Waals surface area contributed by atoms with Gasteiger partial charge in [0, 0.05) is 20.0 Å². The van der Waals surface area contributed by atoms with Crippen molar-refractivity contribution in [2.24, 2.45) is 0 Å². The van der Waals surface area contributed by atoms with Crippen LogP contribution in [0.2, 0.25) is 0 Å². The number of benzene rings is 1. The van der Waals surface area contributed by atoms with Crippen molar-refractivity contribution in [3.05, 3.63) is 58.5 Å². The second-order valence-electron chi connectivity index (χ2n) is 5.92. The number of hydrogen-bond acceptors (Lipinski definition) is 3. The fourth-order valence-electron chi connectivity index (χ4n) is 2.96. The first-order valence-electron chi connectivity index (χ1n) is 7.55. The Hall–Kier alpha value is -2.07. The molecule has 0 bridgehead atoms. The average Bonchev–Trinajstić information content (AvgIpc) is 2.85. The van der Waals surface area contributed by atoms with Crippen LogP contribution in [0.5, 0.6) is 0 Å². The molecule has 0 saturated carbocycles. The van der Waals surface area contributed by atoms with Crippen LogP contribution in [0.25, 0.3) is 0 Å². The van der Waals surface area contributed by atoms with Gasteiger partial charge in [0.15, 0.2) is 0 Å². The molecule has 116 valence electrons. The Bertz CT molecular complexity index is 689. The molecule has 2 heterocycles. The maximum absolute atomic E-state index is 12.5. The Labute approximate surface area is 130 Å². The highest BCUT2D eigenvalue weighted by Gasteiger charge is 2.24. The molecule has 1 amide bonds. The van der Waals surface area contributed by atoms with Gasteiger partial charge in [-0.3, -0.25) is 4.79 Å². The standard InChI is InChI=1S/C18H21NO3/c1-12-8-17(13(2)22-12)18(20)19(3)10-16-9-14-6-4-5-7-15(14)11-21-16/h4-8,16H,9-11H2,1-3H3. The summed E-state index contributed by atoms with van der Waals surface area (Å²) >= 11 is 0. The Balaban J connectivity index is 1.66. The smallest absolute Gasteiger partial charge is 0.257 e. The fraction of sp³-hybridized carbons (Fsp3) is 0.389. The third kappa shape index (κ3) is 2.92. The normalized spacial score (nSPS) is 17.1. The van der Waals surface area contributed by atoms with Crippen molar-refractivity contribution in [1.82, 2.24) is 4.90 Å². The summed E-state index contributed by atoms with van der Waals surface area (Å²) in [7, 11) is 1.81. The first kappa shape index (κ1) is 14.9. The maximum atomic E-state index is 12.5. The molecule has 1 aliphatic heterocycles. The van der Waals surface area contributed by atoms with Crippen LogP contribution >= 0.6 is 0 Å². The Morgan fingerprint density at radius 1 is 1.27 bits per heavy atom. The van der Waals surface area contributed by atoms with Crippen LogP contribution in [0.15, 0.2) is 34.7 Å². The monoisotopic (exact) mass is 299 g/mol. The van der Waals surface area contributed by atoms with Crippen molar-refractivity contribution in [3.8, 4) is 0 Å². The largest absolute Gasteiger partial charge is 0.466 e. The van der Waals surface area contributed by atoms with E-state index in [0.717, 1.165) is 12.2 Å². The highest BCUT2D eigenvalue weighted by Crippen LogP contribution is 2.22. The number of rotatable bonds is 3. The Morgan fingerprint density at radius 2 is 2.00 bits per heavy atom. The first-order valence-corrected chi connectivity index (χ1v) is 7.55. The number of furan rings is 1. The quantitative estimate of drug-likeness (QED) is 0.874. The van der Waals surface area contributed by atoms with E-state index in [1.54, 1.807) is 11.0 Å². The Kier molecular flexibility index (Phi) is 4.03. The molecule has 0 radical (unpaired) electrons. The van der Waals surface area contributed by atoms with Gasteiger partial charge in [-0.15, -0.1) is 0 Å². The van der Waals surface area contributed by atoms with Gasteiger partial charge in [-0.05, 0) is 31.0 Å². The van der Waals surface area contributed by atoms with Crippen molar-refractivity contribution in [1.29, 1.82) is 0 Å². The van der Waals surface area contributed by atoms with E-state index in [1.165, 1.54) is 11.1 Å². The molecule has 3 rings (SSSR count). The molecule has 0 spiro atoms. The SMILES string of the molecule is Cc1cc(C(=O)N(C)CC2Cc3ccccc3CO2)c(C)o1. The molecule has 4 nitrogen and oxygen atoms in total. The molecule has 1 unspecified atom stereocenters. The molecule has 1 aromatic carbocycles. The molecule has 0 saturated heterocycles. The molecule has 1 aliphatic rings. The summed E-state index contributed by atoms with van der Waals surface area (Å²) in [6.45, 7) is 4.87. The molecule has 0 aliphatic carbocycles. The van der Waals surface area contributed by atoms with Crippen LogP contribution < -0.4 is 0 Å². The van der Waals surface area contributed by atoms with Crippen LogP contribution in [0, 0.1) is 13.8 Å². The molecule has 1 atom stereocenters. The third-order valence-electron chi connectivity index (χ3n) is 4.14. The number of ether oxygens (including phenoxy) is 1. The summed E-state index contributed by atoms with van der Waals surface area (Å²) in [5, 5.41) is 0. The zero-order valence-electron chi connectivity index (χ0n) is 13.3. The molecular weight excluding hydrogens is 278 g/mol. The van der Waals surface area contributed by atoms with E-state index in [4.69, 9.17) is 9.15 Å². The maximum Gasteiger partial charge on any atom is 0.257 e. The number of likely N-dealkylation sites (N-methyl/N-ethyl adjacent to an activating group) is 1. The lowest BCUT2D eigenvalue weighted by atomic mass is 9.99. The lowest BCUT2D eigenvalue weighted by molar-refractivity contribution is 0.00981. The van der Waals surface area contributed by atoms with Crippen LogP contribution in [0.1, 0.15) is 33.0 Å². The van der Waals surface area contributed by atoms with Gasteiger partial charge in [-0.2, -0.15) is 0 Å². The highest BCUT2D eigenvalue weighted by molar-refractivity contribution is 5.95. The molecule has 0 N–H and O–H groups in total. The number of hydrogen-bond donors (Lipinski definition) is 0. The lowest BCUT2D eigenvalue weighted by Gasteiger charge is -2.29. The van der Waals surface area contributed by atoms with Gasteiger partial charge in [-0.25, -0.2) is 0 Å². The predicted octanol–water partition coefficient (Wildman–Crippen LogP) is 3.11. The molecule has 4 heteroatoms. The van der Waals surface area contributed by atoms with E-state index in [9.17, 15) is 4.79 Å². The van der Waals surface area contributed by atoms with Crippen LogP contribution in [0.4, 0.5) is 0 Å². The van der Waals surface area contributed by atoms with Crippen LogP contribution in [0.3, 0.4) is 0 Å². The number of carbonyl (C=O) groups is 1. The lowest BCUT2D eigenvalue weighted by Crippen LogP contribution is -2.38. The number of aryl methyl sites for hydroxylation is 2. The van der Waals surface area contributed by atoms with Gasteiger partial charge in [-0.1, -0.05) is 24.3 Å². The average molecular weight is 299 g/mol. The zero-order chi connectivity index (χ0) is 15.7. The van der Waals surface area contributed by atoms with E-state index in [-0.39, 0.29) is 12.0 Å². The van der Waals surface area contributed by atoms with Crippen LogP contribution in [-0.4, -0.2) is 30.5 Å². The summed E-state index contributed by atoms with van der Waals surface area (Å²) in [5.74, 6) is 1.41. The highest BCUT2D eigenvalue weighted by atomic mass is 16.5. The number of carbonyl (C=O) groups excluding carboxylic acids is 1. The van der Waals surface area contributed by atoms with E-state index in [2.05, 4.69) is 12.1 Å². The van der Waals surface area contributed by atoms with Gasteiger partial charge in [0.05, 0.1) is 18.3 Å². The van der Waals surface area contributed by atoms with Gasteiger partial charge < -0.3 is 14.1 Å². The van der Waals surface area contributed by atoms with Crippen molar-refractivity contribution in [2.75, 3.05) is 13.6 Å². The predicted molar refractivity (Wildman–Crippen MR) is 83.9 cm³/mol. The first-order chi connectivity index (χ1) is 10.5. The second kappa shape index (κ2) is 5.97. The van der Waals surface area contributed by atoms with Crippen molar-refractivity contribution < 1.29 is 13.9 Å². The number of amides is 1. The summed E-state index contributed by atoms with van der Waals surface area (Å²) in [6, 6.07) is 10.1. The van der Waals surface area contributed by atoms with E-state index >= 15 is 0 Å². The minimum absolute atomic E-state index is 0.0168. The van der Waals surface area contributed by atoms with Crippen molar-refractivity contribution in [2.45, 2.75) is 33.0 Å². The molecule has 22 heavy (non-hydrogen) atoms. The third-order valence-corrected chi connectivity index (χ3v) is 4.14. The van der Waals surface area contributed by atoms with E-state index < -0.39 is 0 Å². The van der Waals surface area contributed by atoms with Gasteiger partial charge in [0.1, 0.15) is 11.5 Å². The minimum atomic E-state index is -0.0168. The van der Waals surface area contributed by atoms with E-state index in [0.29, 0.717) is 24.5 Å². The van der Waals surface area contributed by atoms with Gasteiger partial charge >= 0.3 is 0 Å². The van der Waals surface area contributed by atoms with Gasteiger partial charge in [0.25, 0.3) is 5.91 Å². The minimum Gasteiger partial charge on any atom is -0.466 e. The molecule has 0 fully saturated rings. The summed E-state index contributed by atoms with van der Waals surface area (Å²) < 4.78 is 11.3. The van der Waals surface area contributed by atoms with Crippen molar-refractivity contribution >= 4 is 5.91 Å². The second-order valence-corrected chi connectivity index (χ2v) is 5.92. The fourth-order valence-corrected chi connectivity index (χ4v) is 2.96. The number of nitrogens with zero attached hydrogens (tertiary/aromatic N) is 1.